The average molecular weight is 369 g/mol. The zero-order valence-corrected chi connectivity index (χ0v) is 14.2. The molecule has 1 aromatic carbocycles. The Kier molecular flexibility index (Phi) is 6.23. The van der Waals surface area contributed by atoms with Crippen molar-refractivity contribution in [2.45, 2.75) is 13.3 Å². The van der Waals surface area contributed by atoms with Crippen molar-refractivity contribution >= 4 is 5.70 Å². The number of nitrogens with zero attached hydrogens (tertiary/aromatic N) is 1. The Hall–Kier alpha value is -1.07. The van der Waals surface area contributed by atoms with E-state index in [1.807, 2.05) is 0 Å². The van der Waals surface area contributed by atoms with Crippen molar-refractivity contribution in [1.29, 1.82) is 0 Å². The van der Waals surface area contributed by atoms with Crippen molar-refractivity contribution in [3.63, 3.8) is 0 Å². The molecule has 2 rings (SSSR count). The molecule has 1 heterocycles. The smallest absolute Gasteiger partial charge is 0.256 e. The number of benzene rings is 1. The molecule has 1 radical (unpaired) electrons. The van der Waals surface area contributed by atoms with Gasteiger partial charge in [0.25, 0.3) is 6.43 Å². The largest absolute Gasteiger partial charge is 0.508 e. The molecule has 0 saturated heterocycles. The minimum atomic E-state index is -2.59. The van der Waals surface area contributed by atoms with Crippen LogP contribution in [0.3, 0.4) is 0 Å². The first-order chi connectivity index (χ1) is 9.40. The summed E-state index contributed by atoms with van der Waals surface area (Å²) in [6.07, 6.45) is 1.78. The summed E-state index contributed by atoms with van der Waals surface area (Å²) < 4.78 is 39.3. The predicted molar refractivity (Wildman–Crippen MR) is 70.3 cm³/mol. The molecule has 0 bridgehead atoms. The van der Waals surface area contributed by atoms with Crippen molar-refractivity contribution < 1.29 is 51.0 Å². The first kappa shape index (κ1) is 18.0. The zero-order chi connectivity index (χ0) is 14.9. The van der Waals surface area contributed by atoms with Gasteiger partial charge < -0.3 is 10.0 Å². The minimum absolute atomic E-state index is 0. The molecule has 2 nitrogen and oxygen atoms in total. The van der Waals surface area contributed by atoms with Gasteiger partial charge in [-0.3, -0.25) is 0 Å². The summed E-state index contributed by atoms with van der Waals surface area (Å²) in [5.74, 6) is -0.930. The SMILES string of the molecule is C=C1C(C)=C[C-]=C(c2ccc(O)cc2F)N1CC(F)F.[Y]. The van der Waals surface area contributed by atoms with E-state index >= 15 is 0 Å². The molecule has 6 heteroatoms. The van der Waals surface area contributed by atoms with Gasteiger partial charge in [-0.25, -0.2) is 13.2 Å². The number of halogens is 3. The predicted octanol–water partition coefficient (Wildman–Crippen LogP) is 3.71. The summed E-state index contributed by atoms with van der Waals surface area (Å²) in [4.78, 5) is 1.23. The Labute approximate surface area is 146 Å². The Bertz CT molecular complexity index is 611. The third-order valence-corrected chi connectivity index (χ3v) is 3.00. The van der Waals surface area contributed by atoms with Gasteiger partial charge in [-0.15, -0.1) is 11.6 Å². The molecule has 1 aliphatic rings. The Morgan fingerprint density at radius 2 is 2.05 bits per heavy atom. The number of allylic oxidation sites excluding steroid dienone is 3. The fourth-order valence-electron chi connectivity index (χ4n) is 1.94. The number of aromatic hydroxyl groups is 1. The van der Waals surface area contributed by atoms with E-state index in [1.165, 1.54) is 17.0 Å². The minimum Gasteiger partial charge on any atom is -0.508 e. The van der Waals surface area contributed by atoms with E-state index in [0.29, 0.717) is 11.3 Å². The van der Waals surface area contributed by atoms with Crippen LogP contribution in [-0.2, 0) is 32.7 Å². The van der Waals surface area contributed by atoms with Crippen LogP contribution in [0.25, 0.3) is 5.70 Å². The molecule has 0 atom stereocenters. The van der Waals surface area contributed by atoms with Gasteiger partial charge in [0.15, 0.2) is 0 Å². The third-order valence-electron chi connectivity index (χ3n) is 3.00. The molecule has 0 spiro atoms. The summed E-state index contributed by atoms with van der Waals surface area (Å²) in [7, 11) is 0. The van der Waals surface area contributed by atoms with E-state index in [0.717, 1.165) is 6.07 Å². The van der Waals surface area contributed by atoms with Crippen LogP contribution in [0, 0.1) is 11.9 Å². The van der Waals surface area contributed by atoms with Crippen molar-refractivity contribution in [2.75, 3.05) is 6.54 Å². The third kappa shape index (κ3) is 3.98. The topological polar surface area (TPSA) is 23.5 Å². The summed E-state index contributed by atoms with van der Waals surface area (Å²) in [6, 6.07) is 3.55. The van der Waals surface area contributed by atoms with Crippen LogP contribution in [0.2, 0.25) is 0 Å². The summed E-state index contributed by atoms with van der Waals surface area (Å²) in [6.45, 7) is 4.87. The molecule has 0 aromatic heterocycles. The van der Waals surface area contributed by atoms with Crippen LogP contribution >= 0.6 is 0 Å². The van der Waals surface area contributed by atoms with Crippen LogP contribution < -0.4 is 0 Å². The van der Waals surface area contributed by atoms with E-state index in [9.17, 15) is 18.3 Å². The molecule has 0 aliphatic carbocycles. The first-order valence-corrected chi connectivity index (χ1v) is 5.94. The molecular formula is C15H13F3NOY-. The molecule has 1 aliphatic heterocycles. The number of phenols is 1. The monoisotopic (exact) mass is 369 g/mol. The standard InChI is InChI=1S/C15H13F3NO.Y/c1-9-3-6-14(19(10(9)2)8-15(17)18)12-5-4-11(20)7-13(12)16;/h3-5,7,15,20H,2,8H2,1H3;/q-1;. The van der Waals surface area contributed by atoms with Crippen molar-refractivity contribution in [1.82, 2.24) is 4.90 Å². The molecule has 0 amide bonds. The maximum absolute atomic E-state index is 13.9. The normalized spacial score (nSPS) is 14.7. The van der Waals surface area contributed by atoms with Gasteiger partial charge in [-0.05, 0) is 11.8 Å². The number of hydrogen-bond donors (Lipinski definition) is 1. The summed E-state index contributed by atoms with van der Waals surface area (Å²) in [5, 5.41) is 9.21. The van der Waals surface area contributed by atoms with Crippen LogP contribution in [0.1, 0.15) is 12.5 Å². The Morgan fingerprint density at radius 1 is 1.38 bits per heavy atom. The van der Waals surface area contributed by atoms with Crippen molar-refractivity contribution in [3.05, 3.63) is 59.6 Å². The average Bonchev–Trinajstić information content (AvgIpc) is 2.36. The van der Waals surface area contributed by atoms with E-state index in [4.69, 9.17) is 0 Å². The molecule has 109 valence electrons. The summed E-state index contributed by atoms with van der Waals surface area (Å²) in [5.41, 5.74) is 1.34. The molecule has 1 N–H and O–H groups in total. The molecule has 1 aromatic rings. The molecule has 0 saturated carbocycles. The fourth-order valence-corrected chi connectivity index (χ4v) is 1.94. The number of alkyl halides is 2. The van der Waals surface area contributed by atoms with Crippen LogP contribution in [0.15, 0.2) is 42.1 Å². The van der Waals surface area contributed by atoms with Gasteiger partial charge in [0.05, 0.1) is 12.4 Å². The summed E-state index contributed by atoms with van der Waals surface area (Å²) >= 11 is 0. The van der Waals surface area contributed by atoms with Crippen LogP contribution in [-0.4, -0.2) is 23.0 Å². The Balaban J connectivity index is 0.00000220. The van der Waals surface area contributed by atoms with Crippen LogP contribution in [0.4, 0.5) is 13.2 Å². The molecule has 21 heavy (non-hydrogen) atoms. The van der Waals surface area contributed by atoms with Gasteiger partial charge in [0, 0.05) is 38.8 Å². The maximum atomic E-state index is 13.9. The van der Waals surface area contributed by atoms with Gasteiger partial charge in [0.1, 0.15) is 5.75 Å². The van der Waals surface area contributed by atoms with Crippen LogP contribution in [0.5, 0.6) is 5.75 Å². The first-order valence-electron chi connectivity index (χ1n) is 5.94. The van der Waals surface area contributed by atoms with E-state index in [2.05, 4.69) is 12.7 Å². The second-order valence-corrected chi connectivity index (χ2v) is 4.43. The quantitative estimate of drug-likeness (QED) is 0.822. The van der Waals surface area contributed by atoms with Gasteiger partial charge >= 0.3 is 0 Å². The maximum Gasteiger partial charge on any atom is 0.256 e. The zero-order valence-electron chi connectivity index (χ0n) is 11.4. The second kappa shape index (κ2) is 7.27. The Morgan fingerprint density at radius 3 is 2.62 bits per heavy atom. The van der Waals surface area contributed by atoms with E-state index < -0.39 is 18.8 Å². The fraction of sp³-hybridized carbons (Fsp3) is 0.200. The molecule has 0 fully saturated rings. The van der Waals surface area contributed by atoms with E-state index in [1.54, 1.807) is 13.0 Å². The van der Waals surface area contributed by atoms with Crippen molar-refractivity contribution in [3.8, 4) is 5.75 Å². The van der Waals surface area contributed by atoms with Gasteiger partial charge in [-0.1, -0.05) is 24.8 Å². The molecular weight excluding hydrogens is 356 g/mol. The molecule has 0 unspecified atom stereocenters. The number of hydrogen-bond acceptors (Lipinski definition) is 2. The van der Waals surface area contributed by atoms with E-state index in [-0.39, 0.29) is 49.7 Å². The van der Waals surface area contributed by atoms with Gasteiger partial charge in [-0.2, -0.15) is 12.2 Å². The number of phenolic OH excluding ortho intramolecular Hbond substituents is 1. The van der Waals surface area contributed by atoms with Gasteiger partial charge in [0.2, 0.25) is 0 Å². The number of rotatable bonds is 3. The second-order valence-electron chi connectivity index (χ2n) is 4.43. The van der Waals surface area contributed by atoms with Crippen molar-refractivity contribution in [2.24, 2.45) is 0 Å².